The van der Waals surface area contributed by atoms with Gasteiger partial charge in [0.25, 0.3) is 0 Å². The Hall–Kier alpha value is -1.55. The molecule has 0 amide bonds. The van der Waals surface area contributed by atoms with Crippen molar-refractivity contribution in [3.05, 3.63) is 30.4 Å². The van der Waals surface area contributed by atoms with Crippen molar-refractivity contribution < 1.29 is 0 Å². The van der Waals surface area contributed by atoms with Crippen LogP contribution in [0.5, 0.6) is 0 Å². The second-order valence-electron chi connectivity index (χ2n) is 3.40. The van der Waals surface area contributed by atoms with Crippen molar-refractivity contribution in [2.75, 3.05) is 6.54 Å². The minimum Gasteiger partial charge on any atom is -0.360 e. The summed E-state index contributed by atoms with van der Waals surface area (Å²) in [6.07, 6.45) is 3.72. The highest BCUT2D eigenvalue weighted by atomic mass is 14.9. The van der Waals surface area contributed by atoms with E-state index in [4.69, 9.17) is 5.73 Å². The van der Waals surface area contributed by atoms with E-state index < -0.39 is 0 Å². The molecule has 0 fully saturated rings. The number of aromatic amines is 2. The summed E-state index contributed by atoms with van der Waals surface area (Å²) in [6.45, 7) is 2.66. The van der Waals surface area contributed by atoms with Gasteiger partial charge in [0.1, 0.15) is 5.82 Å². The van der Waals surface area contributed by atoms with Crippen molar-refractivity contribution in [1.29, 1.82) is 0 Å². The maximum atomic E-state index is 5.56. The molecule has 14 heavy (non-hydrogen) atoms. The fraction of sp³-hybridized carbons (Fsp3) is 0.300. The summed E-state index contributed by atoms with van der Waals surface area (Å²) < 4.78 is 0. The average Bonchev–Trinajstić information content (AvgIpc) is 2.86. The lowest BCUT2D eigenvalue weighted by atomic mass is 10.2. The number of hydrogen-bond donors (Lipinski definition) is 3. The van der Waals surface area contributed by atoms with Gasteiger partial charge in [-0.1, -0.05) is 6.92 Å². The summed E-state index contributed by atoms with van der Waals surface area (Å²) in [7, 11) is 0. The van der Waals surface area contributed by atoms with Gasteiger partial charge in [-0.3, -0.25) is 0 Å². The van der Waals surface area contributed by atoms with Gasteiger partial charge < -0.3 is 15.7 Å². The number of nitrogens with one attached hydrogen (secondary N) is 2. The predicted octanol–water partition coefficient (Wildman–Crippen LogP) is 1.47. The highest BCUT2D eigenvalue weighted by Gasteiger charge is 2.08. The van der Waals surface area contributed by atoms with Crippen LogP contribution < -0.4 is 5.73 Å². The maximum absolute atomic E-state index is 5.56. The van der Waals surface area contributed by atoms with E-state index in [0.29, 0.717) is 6.54 Å². The van der Waals surface area contributed by atoms with Gasteiger partial charge in [-0.05, 0) is 12.1 Å². The van der Waals surface area contributed by atoms with E-state index in [1.165, 1.54) is 0 Å². The van der Waals surface area contributed by atoms with Crippen LogP contribution in [0.15, 0.2) is 24.5 Å². The fourth-order valence-corrected chi connectivity index (χ4v) is 1.33. The smallest absolute Gasteiger partial charge is 0.110 e. The normalized spacial score (nSPS) is 13.0. The van der Waals surface area contributed by atoms with Crippen LogP contribution in [0.2, 0.25) is 0 Å². The van der Waals surface area contributed by atoms with Crippen LogP contribution in [0.4, 0.5) is 0 Å². The van der Waals surface area contributed by atoms with Gasteiger partial charge in [-0.25, -0.2) is 4.98 Å². The predicted molar refractivity (Wildman–Crippen MR) is 55.8 cm³/mol. The molecular formula is C10H14N4. The van der Waals surface area contributed by atoms with Gasteiger partial charge in [0.15, 0.2) is 0 Å². The maximum Gasteiger partial charge on any atom is 0.110 e. The molecule has 0 spiro atoms. The number of nitrogens with two attached hydrogens (primary N) is 1. The lowest BCUT2D eigenvalue weighted by molar-refractivity contribution is 0.725. The molecule has 0 radical (unpaired) electrons. The fourth-order valence-electron chi connectivity index (χ4n) is 1.33. The topological polar surface area (TPSA) is 70.5 Å². The van der Waals surface area contributed by atoms with Gasteiger partial charge in [-0.15, -0.1) is 0 Å². The number of aromatic nitrogens is 3. The zero-order chi connectivity index (χ0) is 9.97. The lowest BCUT2D eigenvalue weighted by Gasteiger charge is -2.02. The van der Waals surface area contributed by atoms with Crippen LogP contribution in [0.25, 0.3) is 11.4 Å². The third-order valence-corrected chi connectivity index (χ3v) is 2.30. The molecule has 0 aliphatic rings. The molecule has 1 unspecified atom stereocenters. The molecule has 0 bridgehead atoms. The molecule has 0 saturated carbocycles. The van der Waals surface area contributed by atoms with Crippen molar-refractivity contribution in [2.45, 2.75) is 12.8 Å². The Labute approximate surface area is 82.6 Å². The Balaban J connectivity index is 2.26. The van der Waals surface area contributed by atoms with Crippen LogP contribution in [0.3, 0.4) is 0 Å². The van der Waals surface area contributed by atoms with Crippen LogP contribution >= 0.6 is 0 Å². The lowest BCUT2D eigenvalue weighted by Crippen LogP contribution is -2.10. The molecule has 1 atom stereocenters. The van der Waals surface area contributed by atoms with E-state index in [0.717, 1.165) is 17.2 Å². The van der Waals surface area contributed by atoms with E-state index in [2.05, 4.69) is 21.9 Å². The van der Waals surface area contributed by atoms with E-state index in [-0.39, 0.29) is 5.92 Å². The first-order valence-corrected chi connectivity index (χ1v) is 4.70. The average molecular weight is 190 g/mol. The Bertz CT molecular complexity index is 388. The zero-order valence-electron chi connectivity index (χ0n) is 8.12. The Kier molecular flexibility index (Phi) is 2.37. The highest BCUT2D eigenvalue weighted by molar-refractivity contribution is 5.53. The molecule has 2 rings (SSSR count). The van der Waals surface area contributed by atoms with Crippen molar-refractivity contribution in [3.8, 4) is 11.4 Å². The van der Waals surface area contributed by atoms with Gasteiger partial charge in [0.05, 0.1) is 17.6 Å². The third kappa shape index (κ3) is 1.56. The van der Waals surface area contributed by atoms with Gasteiger partial charge in [0.2, 0.25) is 0 Å². The summed E-state index contributed by atoms with van der Waals surface area (Å²) in [6, 6.07) is 3.96. The molecule has 4 nitrogen and oxygen atoms in total. The SMILES string of the molecule is CC(CN)c1ncc(-c2ccc[nH]2)[nH]1. The summed E-state index contributed by atoms with van der Waals surface area (Å²) in [5.74, 6) is 1.22. The molecule has 4 N–H and O–H groups in total. The quantitative estimate of drug-likeness (QED) is 0.685. The molecule has 2 aromatic heterocycles. The minimum absolute atomic E-state index is 0.277. The Morgan fingerprint density at radius 3 is 3.00 bits per heavy atom. The van der Waals surface area contributed by atoms with E-state index in [1.54, 1.807) is 0 Å². The summed E-state index contributed by atoms with van der Waals surface area (Å²) in [5.41, 5.74) is 7.62. The molecule has 0 aliphatic carbocycles. The number of imidazole rings is 1. The summed E-state index contributed by atoms with van der Waals surface area (Å²) in [5, 5.41) is 0. The van der Waals surface area contributed by atoms with Crippen LogP contribution in [0, 0.1) is 0 Å². The largest absolute Gasteiger partial charge is 0.360 e. The molecule has 2 heterocycles. The van der Waals surface area contributed by atoms with Gasteiger partial charge in [-0.2, -0.15) is 0 Å². The summed E-state index contributed by atoms with van der Waals surface area (Å²) >= 11 is 0. The Morgan fingerprint density at radius 2 is 2.36 bits per heavy atom. The number of nitrogens with zero attached hydrogens (tertiary/aromatic N) is 1. The molecule has 4 heteroatoms. The van der Waals surface area contributed by atoms with Crippen molar-refractivity contribution >= 4 is 0 Å². The van der Waals surface area contributed by atoms with Crippen LogP contribution in [-0.4, -0.2) is 21.5 Å². The molecule has 0 saturated heterocycles. The summed E-state index contributed by atoms with van der Waals surface area (Å²) in [4.78, 5) is 10.7. The number of H-pyrrole nitrogens is 2. The molecule has 0 aliphatic heterocycles. The third-order valence-electron chi connectivity index (χ3n) is 2.30. The van der Waals surface area contributed by atoms with Crippen molar-refractivity contribution in [1.82, 2.24) is 15.0 Å². The molecule has 2 aromatic rings. The molecule has 74 valence electrons. The van der Waals surface area contributed by atoms with E-state index >= 15 is 0 Å². The first-order chi connectivity index (χ1) is 6.81. The second kappa shape index (κ2) is 3.67. The standard InChI is InChI=1S/C10H14N4/c1-7(5-11)10-13-6-9(14-10)8-3-2-4-12-8/h2-4,6-7,12H,5,11H2,1H3,(H,13,14). The highest BCUT2D eigenvalue weighted by Crippen LogP contribution is 2.17. The first-order valence-electron chi connectivity index (χ1n) is 4.70. The molecule has 0 aromatic carbocycles. The minimum atomic E-state index is 0.277. The van der Waals surface area contributed by atoms with Crippen molar-refractivity contribution in [3.63, 3.8) is 0 Å². The van der Waals surface area contributed by atoms with E-state index in [9.17, 15) is 0 Å². The van der Waals surface area contributed by atoms with Crippen LogP contribution in [-0.2, 0) is 0 Å². The number of rotatable bonds is 3. The van der Waals surface area contributed by atoms with Gasteiger partial charge in [0, 0.05) is 18.7 Å². The second-order valence-corrected chi connectivity index (χ2v) is 3.40. The monoisotopic (exact) mass is 190 g/mol. The molecular weight excluding hydrogens is 176 g/mol. The van der Waals surface area contributed by atoms with Gasteiger partial charge >= 0.3 is 0 Å². The van der Waals surface area contributed by atoms with Crippen molar-refractivity contribution in [2.24, 2.45) is 5.73 Å². The van der Waals surface area contributed by atoms with Crippen LogP contribution in [0.1, 0.15) is 18.7 Å². The van der Waals surface area contributed by atoms with E-state index in [1.807, 2.05) is 24.5 Å². The first kappa shape index (κ1) is 9.02. The zero-order valence-corrected chi connectivity index (χ0v) is 8.12. The Morgan fingerprint density at radius 1 is 1.50 bits per heavy atom. The number of hydrogen-bond acceptors (Lipinski definition) is 2.